The zero-order valence-corrected chi connectivity index (χ0v) is 18.8. The zero-order valence-electron chi connectivity index (χ0n) is 18.0. The Morgan fingerprint density at radius 3 is 2.68 bits per heavy atom. The Hall–Kier alpha value is -2.38. The van der Waals surface area contributed by atoms with E-state index in [2.05, 4.69) is 5.32 Å². The van der Waals surface area contributed by atoms with E-state index in [4.69, 9.17) is 16.3 Å². The number of fused-ring (bicyclic) bond motifs is 1. The maximum atomic E-state index is 13.4. The molecule has 1 aromatic carbocycles. The number of hydrogen-bond donors (Lipinski definition) is 2. The van der Waals surface area contributed by atoms with Crippen LogP contribution in [0.4, 0.5) is 5.69 Å². The van der Waals surface area contributed by atoms with Crippen molar-refractivity contribution < 1.29 is 24.2 Å². The van der Waals surface area contributed by atoms with E-state index in [0.717, 1.165) is 5.56 Å². The molecule has 2 N–H and O–H groups in total. The molecule has 1 aliphatic heterocycles. The number of amides is 2. The van der Waals surface area contributed by atoms with E-state index in [-0.39, 0.29) is 37.5 Å². The molecule has 1 aliphatic carbocycles. The highest BCUT2D eigenvalue weighted by atomic mass is 35.5. The van der Waals surface area contributed by atoms with Gasteiger partial charge in [0.2, 0.25) is 11.8 Å². The lowest BCUT2D eigenvalue weighted by Crippen LogP contribution is -2.45. The minimum atomic E-state index is -0.805. The van der Waals surface area contributed by atoms with Crippen molar-refractivity contribution in [3.63, 3.8) is 0 Å². The van der Waals surface area contributed by atoms with Gasteiger partial charge >= 0.3 is 5.97 Å². The maximum absolute atomic E-state index is 13.4. The lowest BCUT2D eigenvalue weighted by Gasteiger charge is -2.32. The summed E-state index contributed by atoms with van der Waals surface area (Å²) in [4.78, 5) is 41.0. The molecule has 1 aromatic rings. The van der Waals surface area contributed by atoms with Gasteiger partial charge in [-0.3, -0.25) is 14.4 Å². The third-order valence-corrected chi connectivity index (χ3v) is 6.44. The summed E-state index contributed by atoms with van der Waals surface area (Å²) in [5, 5.41) is 12.6. The SMILES string of the molecule is CCOC(=O)[C@H]1[C@@H]2C(=O)N(CCCO)[C@H](C(=O)Nc3c(C)cccc3Cl)[C@H]2C=C[C@H]1C. The van der Waals surface area contributed by atoms with Crippen molar-refractivity contribution in [2.45, 2.75) is 33.2 Å². The molecule has 0 radical (unpaired) electrons. The van der Waals surface area contributed by atoms with Crippen LogP contribution in [0.1, 0.15) is 25.8 Å². The third kappa shape index (κ3) is 4.48. The first-order valence-electron chi connectivity index (χ1n) is 10.6. The Bertz CT molecular complexity index is 866. The summed E-state index contributed by atoms with van der Waals surface area (Å²) in [6, 6.07) is 4.52. The smallest absolute Gasteiger partial charge is 0.310 e. The number of aliphatic hydroxyl groups is 1. The number of esters is 1. The van der Waals surface area contributed by atoms with Gasteiger partial charge in [0.1, 0.15) is 6.04 Å². The standard InChI is InChI=1S/C23H29ClN2O5/c1-4-31-23(30)17-13(2)9-10-15-18(17)22(29)26(11-6-12-27)20(15)21(28)25-19-14(3)7-5-8-16(19)24/h5,7-10,13,15,17-18,20,27H,4,6,11-12H2,1-3H3,(H,25,28)/t13-,15+,17-,18-,20+/m1/s1. The van der Waals surface area contributed by atoms with Crippen molar-refractivity contribution in [2.24, 2.45) is 23.7 Å². The number of allylic oxidation sites excluding steroid dienone is 1. The molecule has 0 saturated carbocycles. The van der Waals surface area contributed by atoms with Gasteiger partial charge in [0.25, 0.3) is 0 Å². The largest absolute Gasteiger partial charge is 0.466 e. The number of aliphatic hydroxyl groups excluding tert-OH is 1. The Morgan fingerprint density at radius 1 is 1.29 bits per heavy atom. The van der Waals surface area contributed by atoms with E-state index in [0.29, 0.717) is 17.1 Å². The second-order valence-electron chi connectivity index (χ2n) is 8.10. The summed E-state index contributed by atoms with van der Waals surface area (Å²) in [6.07, 6.45) is 4.08. The number of carbonyl (C=O) groups excluding carboxylic acids is 3. The molecule has 1 fully saturated rings. The van der Waals surface area contributed by atoms with E-state index in [1.807, 2.05) is 32.1 Å². The first-order valence-corrected chi connectivity index (χ1v) is 11.0. The number of nitrogens with zero attached hydrogens (tertiary/aromatic N) is 1. The fraction of sp³-hybridized carbons (Fsp3) is 0.522. The molecule has 0 spiro atoms. The van der Waals surface area contributed by atoms with Crippen LogP contribution in [0, 0.1) is 30.6 Å². The van der Waals surface area contributed by atoms with Crippen LogP contribution in [0.2, 0.25) is 5.02 Å². The average Bonchev–Trinajstić information content (AvgIpc) is 3.01. The molecule has 168 valence electrons. The van der Waals surface area contributed by atoms with Crippen molar-refractivity contribution >= 4 is 35.1 Å². The predicted octanol–water partition coefficient (Wildman–Crippen LogP) is 2.80. The van der Waals surface area contributed by atoms with Gasteiger partial charge < -0.3 is 20.1 Å². The van der Waals surface area contributed by atoms with Crippen LogP contribution in [-0.2, 0) is 19.1 Å². The first kappa shape index (κ1) is 23.3. The van der Waals surface area contributed by atoms with Crippen molar-refractivity contribution in [3.8, 4) is 0 Å². The van der Waals surface area contributed by atoms with Crippen LogP contribution in [0.25, 0.3) is 0 Å². The van der Waals surface area contributed by atoms with Crippen molar-refractivity contribution in [2.75, 3.05) is 25.1 Å². The molecule has 31 heavy (non-hydrogen) atoms. The van der Waals surface area contributed by atoms with Crippen LogP contribution in [-0.4, -0.2) is 53.6 Å². The van der Waals surface area contributed by atoms with Crippen molar-refractivity contribution in [1.29, 1.82) is 0 Å². The summed E-state index contributed by atoms with van der Waals surface area (Å²) in [6.45, 7) is 5.78. The number of ether oxygens (including phenoxy) is 1. The van der Waals surface area contributed by atoms with Crippen LogP contribution >= 0.6 is 11.6 Å². The molecule has 7 nitrogen and oxygen atoms in total. The minimum absolute atomic E-state index is 0.107. The summed E-state index contributed by atoms with van der Waals surface area (Å²) >= 11 is 6.28. The van der Waals surface area contributed by atoms with Crippen LogP contribution < -0.4 is 5.32 Å². The predicted molar refractivity (Wildman–Crippen MR) is 117 cm³/mol. The number of halogens is 1. The molecule has 2 amide bonds. The number of carbonyl (C=O) groups is 3. The Morgan fingerprint density at radius 2 is 2.03 bits per heavy atom. The first-order chi connectivity index (χ1) is 14.8. The van der Waals surface area contributed by atoms with E-state index in [9.17, 15) is 19.5 Å². The van der Waals surface area contributed by atoms with E-state index in [1.165, 1.54) is 4.90 Å². The highest BCUT2D eigenvalue weighted by Gasteiger charge is 2.56. The average molecular weight is 449 g/mol. The summed E-state index contributed by atoms with van der Waals surface area (Å²) < 4.78 is 5.25. The summed E-state index contributed by atoms with van der Waals surface area (Å²) in [5.41, 5.74) is 1.31. The second kappa shape index (κ2) is 9.83. The van der Waals surface area contributed by atoms with E-state index < -0.39 is 29.8 Å². The van der Waals surface area contributed by atoms with Gasteiger partial charge in [-0.1, -0.05) is 42.8 Å². The molecule has 8 heteroatoms. The molecule has 0 bridgehead atoms. The maximum Gasteiger partial charge on any atom is 0.310 e. The fourth-order valence-electron chi connectivity index (χ4n) is 4.66. The van der Waals surface area contributed by atoms with Gasteiger partial charge in [-0.05, 0) is 37.8 Å². The molecule has 2 aliphatic rings. The van der Waals surface area contributed by atoms with Gasteiger partial charge in [-0.15, -0.1) is 0 Å². The van der Waals surface area contributed by atoms with Crippen molar-refractivity contribution in [1.82, 2.24) is 4.90 Å². The van der Waals surface area contributed by atoms with Gasteiger partial charge in [-0.25, -0.2) is 0 Å². The zero-order chi connectivity index (χ0) is 22.7. The number of para-hydroxylation sites is 1. The van der Waals surface area contributed by atoms with Gasteiger partial charge in [0.15, 0.2) is 0 Å². The molecule has 1 saturated heterocycles. The van der Waals surface area contributed by atoms with E-state index in [1.54, 1.807) is 19.1 Å². The second-order valence-corrected chi connectivity index (χ2v) is 8.51. The lowest BCUT2D eigenvalue weighted by atomic mass is 9.70. The molecule has 1 heterocycles. The summed E-state index contributed by atoms with van der Waals surface area (Å²) in [7, 11) is 0. The van der Waals surface area contributed by atoms with Gasteiger partial charge in [0.05, 0.1) is 29.2 Å². The molecule has 0 unspecified atom stereocenters. The molecular formula is C23H29ClN2O5. The monoisotopic (exact) mass is 448 g/mol. The molecule has 0 aromatic heterocycles. The lowest BCUT2D eigenvalue weighted by molar-refractivity contribution is -0.155. The topological polar surface area (TPSA) is 95.9 Å². The van der Waals surface area contributed by atoms with Crippen molar-refractivity contribution in [3.05, 3.63) is 40.9 Å². The Balaban J connectivity index is 1.97. The highest BCUT2D eigenvalue weighted by Crippen LogP contribution is 2.44. The van der Waals surface area contributed by atoms with Crippen LogP contribution in [0.3, 0.4) is 0 Å². The molecule has 3 rings (SSSR count). The number of likely N-dealkylation sites (tertiary alicyclic amines) is 1. The number of benzene rings is 1. The molecule has 5 atom stereocenters. The van der Waals surface area contributed by atoms with Gasteiger partial charge in [0, 0.05) is 19.1 Å². The highest BCUT2D eigenvalue weighted by molar-refractivity contribution is 6.34. The molecular weight excluding hydrogens is 420 g/mol. The normalized spacial score (nSPS) is 27.2. The Kier molecular flexibility index (Phi) is 7.38. The number of anilines is 1. The fourth-order valence-corrected chi connectivity index (χ4v) is 4.93. The minimum Gasteiger partial charge on any atom is -0.466 e. The van der Waals surface area contributed by atoms with E-state index >= 15 is 0 Å². The number of hydrogen-bond acceptors (Lipinski definition) is 5. The quantitative estimate of drug-likeness (QED) is 0.494. The van der Waals surface area contributed by atoms with Crippen LogP contribution in [0.5, 0.6) is 0 Å². The summed E-state index contributed by atoms with van der Waals surface area (Å²) in [5.74, 6) is -3.04. The third-order valence-electron chi connectivity index (χ3n) is 6.13. The Labute approximate surface area is 187 Å². The van der Waals surface area contributed by atoms with Gasteiger partial charge in [-0.2, -0.15) is 0 Å². The number of nitrogens with one attached hydrogen (secondary N) is 1. The number of rotatable bonds is 7. The number of aryl methyl sites for hydroxylation is 1. The van der Waals surface area contributed by atoms with Crippen LogP contribution in [0.15, 0.2) is 30.4 Å².